The number of nitro groups is 1. The molecule has 1 aliphatic rings. The molecule has 19 heavy (non-hydrogen) atoms. The first-order chi connectivity index (χ1) is 9.08. The summed E-state index contributed by atoms with van der Waals surface area (Å²) >= 11 is 0. The maximum atomic E-state index is 12.4. The number of halogens is 2. The summed E-state index contributed by atoms with van der Waals surface area (Å²) in [7, 11) is 0. The predicted molar refractivity (Wildman–Crippen MR) is 65.8 cm³/mol. The van der Waals surface area contributed by atoms with E-state index in [0.29, 0.717) is 5.69 Å². The topological polar surface area (TPSA) is 55.6 Å². The van der Waals surface area contributed by atoms with Gasteiger partial charge in [-0.25, -0.2) is 0 Å². The molecular formula is C12H14F2N2O3. The molecule has 0 radical (unpaired) electrons. The molecular weight excluding hydrogens is 258 g/mol. The molecule has 1 saturated heterocycles. The van der Waals surface area contributed by atoms with E-state index in [9.17, 15) is 18.9 Å². The van der Waals surface area contributed by atoms with Crippen molar-refractivity contribution in [1.82, 2.24) is 0 Å². The molecule has 0 N–H and O–H groups in total. The van der Waals surface area contributed by atoms with Crippen LogP contribution in [-0.4, -0.2) is 24.6 Å². The first kappa shape index (κ1) is 13.5. The normalized spacial score (nSPS) is 15.6. The zero-order valence-corrected chi connectivity index (χ0v) is 10.2. The molecule has 0 atom stereocenters. The number of piperidine rings is 1. The number of benzene rings is 1. The van der Waals surface area contributed by atoms with E-state index in [2.05, 4.69) is 4.74 Å². The van der Waals surface area contributed by atoms with E-state index >= 15 is 0 Å². The Labute approximate surface area is 108 Å². The lowest BCUT2D eigenvalue weighted by Gasteiger charge is -2.30. The molecule has 7 heteroatoms. The molecule has 0 amide bonds. The molecule has 1 aromatic rings. The van der Waals surface area contributed by atoms with Gasteiger partial charge in [-0.05, 0) is 25.3 Å². The molecule has 0 aromatic heterocycles. The largest absolute Gasteiger partial charge is 0.432 e. The lowest BCUT2D eigenvalue weighted by atomic mass is 10.1. The smallest absolute Gasteiger partial charge is 0.387 e. The minimum absolute atomic E-state index is 0.133. The van der Waals surface area contributed by atoms with Gasteiger partial charge in [0.2, 0.25) is 0 Å². The van der Waals surface area contributed by atoms with Crippen molar-refractivity contribution in [1.29, 1.82) is 0 Å². The highest BCUT2D eigenvalue weighted by molar-refractivity contribution is 5.62. The van der Waals surface area contributed by atoms with Crippen LogP contribution in [0.4, 0.5) is 20.2 Å². The van der Waals surface area contributed by atoms with Crippen LogP contribution in [0, 0.1) is 10.1 Å². The highest BCUT2D eigenvalue weighted by Gasteiger charge is 2.20. The maximum Gasteiger partial charge on any atom is 0.387 e. The predicted octanol–water partition coefficient (Wildman–Crippen LogP) is 3.19. The van der Waals surface area contributed by atoms with Gasteiger partial charge in [-0.3, -0.25) is 10.1 Å². The Morgan fingerprint density at radius 1 is 1.26 bits per heavy atom. The fraction of sp³-hybridized carbons (Fsp3) is 0.500. The number of hydrogen-bond donors (Lipinski definition) is 0. The van der Waals surface area contributed by atoms with Crippen LogP contribution in [0.3, 0.4) is 0 Å². The van der Waals surface area contributed by atoms with Crippen molar-refractivity contribution >= 4 is 11.4 Å². The Bertz CT molecular complexity index is 462. The van der Waals surface area contributed by atoms with Gasteiger partial charge in [-0.15, -0.1) is 0 Å². The average molecular weight is 272 g/mol. The summed E-state index contributed by atoms with van der Waals surface area (Å²) in [5, 5.41) is 10.7. The van der Waals surface area contributed by atoms with Crippen molar-refractivity contribution in [2.24, 2.45) is 0 Å². The summed E-state index contributed by atoms with van der Waals surface area (Å²) in [5.41, 5.74) is 0.238. The van der Waals surface area contributed by atoms with Crippen LogP contribution in [0.15, 0.2) is 18.2 Å². The Morgan fingerprint density at radius 3 is 2.53 bits per heavy atom. The first-order valence-electron chi connectivity index (χ1n) is 6.06. The number of alkyl halides is 2. The van der Waals surface area contributed by atoms with Gasteiger partial charge in [0.1, 0.15) is 0 Å². The molecule has 2 rings (SSSR count). The highest BCUT2D eigenvalue weighted by atomic mass is 19.3. The van der Waals surface area contributed by atoms with Crippen molar-refractivity contribution in [3.63, 3.8) is 0 Å². The Kier molecular flexibility index (Phi) is 4.13. The van der Waals surface area contributed by atoms with Crippen molar-refractivity contribution in [3.8, 4) is 5.75 Å². The van der Waals surface area contributed by atoms with E-state index in [1.165, 1.54) is 12.1 Å². The van der Waals surface area contributed by atoms with E-state index in [1.54, 1.807) is 0 Å². The van der Waals surface area contributed by atoms with E-state index in [-0.39, 0.29) is 11.4 Å². The van der Waals surface area contributed by atoms with Gasteiger partial charge in [0.25, 0.3) is 5.69 Å². The van der Waals surface area contributed by atoms with Crippen molar-refractivity contribution in [2.75, 3.05) is 18.0 Å². The van der Waals surface area contributed by atoms with Gasteiger partial charge in [-0.1, -0.05) is 0 Å². The molecule has 104 valence electrons. The highest BCUT2D eigenvalue weighted by Crippen LogP contribution is 2.34. The second-order valence-corrected chi connectivity index (χ2v) is 4.34. The lowest BCUT2D eigenvalue weighted by molar-refractivity contribution is -0.385. The van der Waals surface area contributed by atoms with Crippen LogP contribution in [-0.2, 0) is 0 Å². The standard InChI is InChI=1S/C12H14F2N2O3/c13-12(14)19-11-8-9(16(17)18)4-5-10(11)15-6-2-1-3-7-15/h4-5,8,12H,1-3,6-7H2. The molecule has 1 aromatic carbocycles. The number of ether oxygens (including phenoxy) is 1. The second kappa shape index (κ2) is 5.81. The van der Waals surface area contributed by atoms with E-state index in [0.717, 1.165) is 38.4 Å². The minimum Gasteiger partial charge on any atom is -0.432 e. The molecule has 0 saturated carbocycles. The lowest BCUT2D eigenvalue weighted by Crippen LogP contribution is -2.30. The van der Waals surface area contributed by atoms with E-state index in [1.807, 2.05) is 4.90 Å². The molecule has 1 heterocycles. The Hall–Kier alpha value is -1.92. The van der Waals surface area contributed by atoms with Crippen molar-refractivity contribution < 1.29 is 18.4 Å². The second-order valence-electron chi connectivity index (χ2n) is 4.34. The summed E-state index contributed by atoms with van der Waals surface area (Å²) in [4.78, 5) is 12.0. The SMILES string of the molecule is O=[N+]([O-])c1ccc(N2CCCCC2)c(OC(F)F)c1. The molecule has 0 unspecified atom stereocenters. The average Bonchev–Trinajstić information content (AvgIpc) is 2.39. The quantitative estimate of drug-likeness (QED) is 0.624. The van der Waals surface area contributed by atoms with Gasteiger partial charge in [0, 0.05) is 19.2 Å². The first-order valence-corrected chi connectivity index (χ1v) is 6.06. The van der Waals surface area contributed by atoms with Crippen LogP contribution >= 0.6 is 0 Å². The van der Waals surface area contributed by atoms with Gasteiger partial charge in [0.05, 0.1) is 16.7 Å². The minimum atomic E-state index is -2.99. The number of hydrogen-bond acceptors (Lipinski definition) is 4. The zero-order chi connectivity index (χ0) is 13.8. The van der Waals surface area contributed by atoms with Crippen LogP contribution < -0.4 is 9.64 Å². The summed E-state index contributed by atoms with van der Waals surface area (Å²) in [5.74, 6) is -0.133. The van der Waals surface area contributed by atoms with Crippen LogP contribution in [0.5, 0.6) is 5.75 Å². The summed E-state index contributed by atoms with van der Waals surface area (Å²) < 4.78 is 29.2. The molecule has 5 nitrogen and oxygen atoms in total. The number of non-ortho nitro benzene ring substituents is 1. The molecule has 0 spiro atoms. The molecule has 0 aliphatic carbocycles. The fourth-order valence-electron chi connectivity index (χ4n) is 2.20. The van der Waals surface area contributed by atoms with Crippen LogP contribution in [0.1, 0.15) is 19.3 Å². The van der Waals surface area contributed by atoms with Crippen molar-refractivity contribution in [2.45, 2.75) is 25.9 Å². The number of rotatable bonds is 4. The maximum absolute atomic E-state index is 12.4. The summed E-state index contributed by atoms with van der Waals surface area (Å²) in [6.45, 7) is -1.50. The van der Waals surface area contributed by atoms with Gasteiger partial charge >= 0.3 is 6.61 Å². The van der Waals surface area contributed by atoms with E-state index < -0.39 is 11.5 Å². The third-order valence-corrected chi connectivity index (χ3v) is 3.07. The van der Waals surface area contributed by atoms with Gasteiger partial charge in [0.15, 0.2) is 5.75 Å². The Balaban J connectivity index is 2.31. The third kappa shape index (κ3) is 3.30. The van der Waals surface area contributed by atoms with Crippen LogP contribution in [0.25, 0.3) is 0 Å². The van der Waals surface area contributed by atoms with Gasteiger partial charge < -0.3 is 9.64 Å². The Morgan fingerprint density at radius 2 is 1.95 bits per heavy atom. The number of nitro benzene ring substituents is 1. The number of anilines is 1. The molecule has 1 aliphatic heterocycles. The van der Waals surface area contributed by atoms with Gasteiger partial charge in [-0.2, -0.15) is 8.78 Å². The molecule has 0 bridgehead atoms. The van der Waals surface area contributed by atoms with Crippen LogP contribution in [0.2, 0.25) is 0 Å². The monoisotopic (exact) mass is 272 g/mol. The van der Waals surface area contributed by atoms with Crippen molar-refractivity contribution in [3.05, 3.63) is 28.3 Å². The number of nitrogens with zero attached hydrogens (tertiary/aromatic N) is 2. The third-order valence-electron chi connectivity index (χ3n) is 3.07. The zero-order valence-electron chi connectivity index (χ0n) is 10.2. The fourth-order valence-corrected chi connectivity index (χ4v) is 2.20. The summed E-state index contributed by atoms with van der Waals surface area (Å²) in [6.07, 6.45) is 3.06. The molecule has 1 fully saturated rings. The van der Waals surface area contributed by atoms with E-state index in [4.69, 9.17) is 0 Å². The summed E-state index contributed by atoms with van der Waals surface area (Å²) in [6, 6.07) is 3.83.